The molecule has 0 radical (unpaired) electrons. The van der Waals surface area contributed by atoms with Crippen molar-refractivity contribution in [3.63, 3.8) is 0 Å². The smallest absolute Gasteiger partial charge is 0.123 e. The third kappa shape index (κ3) is 1.41. The maximum Gasteiger partial charge on any atom is 0.123 e. The monoisotopic (exact) mass is 182 g/mol. The lowest BCUT2D eigenvalue weighted by molar-refractivity contribution is 0.333. The van der Waals surface area contributed by atoms with Crippen LogP contribution in [-0.2, 0) is 16.8 Å². The minimum absolute atomic E-state index is 0.0800. The minimum Gasteiger partial charge on any atom is -0.364 e. The molecule has 0 aliphatic carbocycles. The van der Waals surface area contributed by atoms with Gasteiger partial charge in [-0.2, -0.15) is 0 Å². The fourth-order valence-corrected chi connectivity index (χ4v) is 2.49. The van der Waals surface area contributed by atoms with Gasteiger partial charge in [-0.25, -0.2) is 0 Å². The van der Waals surface area contributed by atoms with Crippen LogP contribution in [-0.4, -0.2) is 6.61 Å². The summed E-state index contributed by atoms with van der Waals surface area (Å²) in [7, 11) is 0. The molecule has 1 aliphatic heterocycles. The van der Waals surface area contributed by atoms with Gasteiger partial charge in [0.15, 0.2) is 0 Å². The Hall–Kier alpha value is -0.340. The number of hydrogen-bond acceptors (Lipinski definition) is 2. The van der Waals surface area contributed by atoms with Gasteiger partial charge in [0.2, 0.25) is 0 Å². The van der Waals surface area contributed by atoms with Crippen LogP contribution < -0.4 is 0 Å². The van der Waals surface area contributed by atoms with Gasteiger partial charge < -0.3 is 4.74 Å². The first-order valence-electron chi connectivity index (χ1n) is 4.48. The molecule has 1 saturated heterocycles. The summed E-state index contributed by atoms with van der Waals surface area (Å²) in [6.45, 7) is 5.28. The molecule has 0 bridgehead atoms. The molecule has 0 saturated carbocycles. The highest BCUT2D eigenvalue weighted by atomic mass is 32.1. The Morgan fingerprint density at radius 3 is 2.92 bits per heavy atom. The lowest BCUT2D eigenvalue weighted by atomic mass is 10.1. The second-order valence-corrected chi connectivity index (χ2v) is 4.70. The summed E-state index contributed by atoms with van der Waals surface area (Å²) in [5.41, 5.74) is 0.0800. The summed E-state index contributed by atoms with van der Waals surface area (Å²) in [6, 6.07) is 4.44. The third-order valence-electron chi connectivity index (χ3n) is 2.26. The first-order valence-corrected chi connectivity index (χ1v) is 5.29. The van der Waals surface area contributed by atoms with Crippen LogP contribution in [0, 0.1) is 0 Å². The first-order chi connectivity index (χ1) is 5.74. The fraction of sp³-hybridized carbons (Fsp3) is 0.600. The third-order valence-corrected chi connectivity index (χ3v) is 3.65. The van der Waals surface area contributed by atoms with Crippen LogP contribution in [0.5, 0.6) is 0 Å². The maximum atomic E-state index is 5.38. The molecule has 0 amide bonds. The van der Waals surface area contributed by atoms with E-state index in [9.17, 15) is 0 Å². The molecule has 0 spiro atoms. The number of ether oxygens (including phenoxy) is 1. The van der Waals surface area contributed by atoms with Gasteiger partial charge in [0, 0.05) is 9.75 Å². The van der Waals surface area contributed by atoms with E-state index in [1.165, 1.54) is 22.6 Å². The number of rotatable bonds is 3. The number of hydrogen-bond donors (Lipinski definition) is 0. The van der Waals surface area contributed by atoms with E-state index in [4.69, 9.17) is 4.74 Å². The number of aryl methyl sites for hydroxylation is 1. The Morgan fingerprint density at radius 2 is 2.33 bits per heavy atom. The lowest BCUT2D eigenvalue weighted by Gasteiger charge is -1.98. The van der Waals surface area contributed by atoms with E-state index in [2.05, 4.69) is 26.0 Å². The highest BCUT2D eigenvalue weighted by Crippen LogP contribution is 2.41. The molecule has 12 heavy (non-hydrogen) atoms. The summed E-state index contributed by atoms with van der Waals surface area (Å²) in [5, 5.41) is 0. The van der Waals surface area contributed by atoms with Gasteiger partial charge >= 0.3 is 0 Å². The predicted molar refractivity (Wildman–Crippen MR) is 51.6 cm³/mol. The Bertz CT molecular complexity index is 273. The lowest BCUT2D eigenvalue weighted by Crippen LogP contribution is -1.96. The first kappa shape index (κ1) is 8.27. The second kappa shape index (κ2) is 2.86. The van der Waals surface area contributed by atoms with E-state index in [-0.39, 0.29) is 5.60 Å². The van der Waals surface area contributed by atoms with E-state index in [0.717, 1.165) is 6.61 Å². The molecular weight excluding hydrogens is 168 g/mol. The average Bonchev–Trinajstić information content (AvgIpc) is 2.64. The van der Waals surface area contributed by atoms with E-state index in [1.54, 1.807) is 0 Å². The number of epoxide rings is 1. The van der Waals surface area contributed by atoms with E-state index < -0.39 is 0 Å². The van der Waals surface area contributed by atoms with Crippen molar-refractivity contribution in [2.75, 3.05) is 6.61 Å². The van der Waals surface area contributed by atoms with E-state index in [0.29, 0.717) is 0 Å². The Morgan fingerprint density at radius 1 is 1.58 bits per heavy atom. The topological polar surface area (TPSA) is 12.5 Å². The van der Waals surface area contributed by atoms with Gasteiger partial charge in [-0.05, 0) is 25.5 Å². The molecule has 0 aromatic carbocycles. The van der Waals surface area contributed by atoms with Crippen LogP contribution in [0.3, 0.4) is 0 Å². The van der Waals surface area contributed by atoms with Gasteiger partial charge in [0.05, 0.1) is 6.61 Å². The zero-order valence-electron chi connectivity index (χ0n) is 7.59. The van der Waals surface area contributed by atoms with Gasteiger partial charge in [-0.15, -0.1) is 11.3 Å². The highest BCUT2D eigenvalue weighted by molar-refractivity contribution is 7.12. The quantitative estimate of drug-likeness (QED) is 0.655. The predicted octanol–water partition coefficient (Wildman–Crippen LogP) is 2.95. The molecule has 1 aliphatic rings. The van der Waals surface area contributed by atoms with Gasteiger partial charge in [0.1, 0.15) is 5.60 Å². The zero-order chi connectivity index (χ0) is 8.60. The van der Waals surface area contributed by atoms with Gasteiger partial charge in [-0.3, -0.25) is 0 Å². The van der Waals surface area contributed by atoms with Crippen LogP contribution in [0.15, 0.2) is 12.1 Å². The van der Waals surface area contributed by atoms with E-state index >= 15 is 0 Å². The van der Waals surface area contributed by atoms with Crippen molar-refractivity contribution in [1.29, 1.82) is 0 Å². The zero-order valence-corrected chi connectivity index (χ0v) is 8.41. The van der Waals surface area contributed by atoms with Crippen molar-refractivity contribution < 1.29 is 4.74 Å². The van der Waals surface area contributed by atoms with Gasteiger partial charge in [-0.1, -0.05) is 13.3 Å². The van der Waals surface area contributed by atoms with Crippen molar-refractivity contribution >= 4 is 11.3 Å². The summed E-state index contributed by atoms with van der Waals surface area (Å²) in [5.74, 6) is 0. The van der Waals surface area contributed by atoms with Crippen molar-refractivity contribution in [3.8, 4) is 0 Å². The number of thiophene rings is 1. The van der Waals surface area contributed by atoms with Crippen LogP contribution in [0.2, 0.25) is 0 Å². The van der Waals surface area contributed by atoms with E-state index in [1.807, 2.05) is 11.3 Å². The molecule has 2 heterocycles. The Kier molecular flexibility index (Phi) is 1.97. The molecule has 1 unspecified atom stereocenters. The van der Waals surface area contributed by atoms with Crippen molar-refractivity contribution in [3.05, 3.63) is 21.9 Å². The molecule has 1 aromatic heterocycles. The molecule has 2 rings (SSSR count). The molecule has 1 fully saturated rings. The van der Waals surface area contributed by atoms with Crippen LogP contribution >= 0.6 is 11.3 Å². The highest BCUT2D eigenvalue weighted by Gasteiger charge is 2.42. The molecule has 2 heteroatoms. The van der Waals surface area contributed by atoms with Crippen LogP contribution in [0.4, 0.5) is 0 Å². The van der Waals surface area contributed by atoms with Crippen LogP contribution in [0.25, 0.3) is 0 Å². The van der Waals surface area contributed by atoms with Crippen LogP contribution in [0.1, 0.15) is 30.0 Å². The molecule has 0 N–H and O–H groups in total. The largest absolute Gasteiger partial charge is 0.364 e. The summed E-state index contributed by atoms with van der Waals surface area (Å²) >= 11 is 1.90. The minimum atomic E-state index is 0.0800. The Labute approximate surface area is 77.4 Å². The SMILES string of the molecule is CCCc1ccc(C2(C)CO2)s1. The van der Waals surface area contributed by atoms with Crippen molar-refractivity contribution in [2.24, 2.45) is 0 Å². The molecule has 66 valence electrons. The second-order valence-electron chi connectivity index (χ2n) is 3.54. The molecular formula is C10H14OS. The average molecular weight is 182 g/mol. The molecule has 1 atom stereocenters. The summed E-state index contributed by atoms with van der Waals surface area (Å²) in [6.07, 6.45) is 2.44. The molecule has 1 nitrogen and oxygen atoms in total. The van der Waals surface area contributed by atoms with Crippen molar-refractivity contribution in [1.82, 2.24) is 0 Å². The maximum absolute atomic E-state index is 5.38. The summed E-state index contributed by atoms with van der Waals surface area (Å²) in [4.78, 5) is 2.88. The van der Waals surface area contributed by atoms with Gasteiger partial charge in [0.25, 0.3) is 0 Å². The summed E-state index contributed by atoms with van der Waals surface area (Å²) < 4.78 is 5.38. The fourth-order valence-electron chi connectivity index (χ4n) is 1.29. The Balaban J connectivity index is 2.13. The normalized spacial score (nSPS) is 27.5. The van der Waals surface area contributed by atoms with Crippen molar-refractivity contribution in [2.45, 2.75) is 32.3 Å². The molecule has 1 aromatic rings. The standard InChI is InChI=1S/C10H14OS/c1-3-4-8-5-6-9(12-8)10(2)7-11-10/h5-6H,3-4,7H2,1-2H3.